The summed E-state index contributed by atoms with van der Waals surface area (Å²) in [5, 5.41) is 0. The number of quaternary nitrogens is 1. The van der Waals surface area contributed by atoms with Crippen LogP contribution >= 0.6 is 0 Å². The number of benzene rings is 2. The molecule has 140 valence electrons. The van der Waals surface area contributed by atoms with E-state index in [1.165, 1.54) is 65.7 Å². The summed E-state index contributed by atoms with van der Waals surface area (Å²) in [7, 11) is -0.249. The molecule has 0 aliphatic carbocycles. The average molecular weight is 349 g/mol. The van der Waals surface area contributed by atoms with Gasteiger partial charge < -0.3 is 4.90 Å². The van der Waals surface area contributed by atoms with Gasteiger partial charge in [0.15, 0.2) is 0 Å². The van der Waals surface area contributed by atoms with Crippen LogP contribution in [0.2, 0.25) is 0 Å². The smallest absolute Gasteiger partial charge is 0.0750 e. The van der Waals surface area contributed by atoms with Gasteiger partial charge in [0.25, 0.3) is 0 Å². The molecule has 0 saturated carbocycles. The zero-order valence-electron chi connectivity index (χ0n) is 17.9. The summed E-state index contributed by atoms with van der Waals surface area (Å²) in [4.78, 5) is 1.85. The van der Waals surface area contributed by atoms with Crippen molar-refractivity contribution in [3.63, 3.8) is 0 Å². The zero-order chi connectivity index (χ0) is 18.8. The lowest BCUT2D eigenvalue weighted by Crippen LogP contribution is -3.14. The Balaban J connectivity index is 2.05. The molecule has 1 N–H and O–H groups in total. The summed E-state index contributed by atoms with van der Waals surface area (Å²) >= 11 is 0. The van der Waals surface area contributed by atoms with Crippen LogP contribution in [0.1, 0.15) is 64.1 Å². The van der Waals surface area contributed by atoms with Crippen molar-refractivity contribution < 1.29 is 4.90 Å². The third-order valence-electron chi connectivity index (χ3n) is 6.93. The molecule has 1 fully saturated rings. The highest BCUT2D eigenvalue weighted by Gasteiger charge is 2.25. The maximum atomic E-state index is 2.40. The molecule has 3 rings (SSSR count). The highest BCUT2D eigenvalue weighted by atomic mass is 15.1. The lowest BCUT2D eigenvalue weighted by atomic mass is 9.56. The van der Waals surface area contributed by atoms with Gasteiger partial charge in [-0.15, -0.1) is 0 Å². The van der Waals surface area contributed by atoms with E-state index < -0.39 is 0 Å². The minimum Gasteiger partial charge on any atom is -0.360 e. The van der Waals surface area contributed by atoms with Crippen molar-refractivity contribution in [2.75, 3.05) is 13.1 Å². The normalized spacial score (nSPS) is 16.7. The van der Waals surface area contributed by atoms with E-state index in [1.807, 2.05) is 4.90 Å². The first-order chi connectivity index (χ1) is 12.4. The number of likely N-dealkylation sites (tertiary alicyclic amines) is 1. The molecule has 0 amide bonds. The van der Waals surface area contributed by atoms with Crippen molar-refractivity contribution in [3.8, 4) is 0 Å². The second kappa shape index (κ2) is 8.00. The molecule has 0 bridgehead atoms. The number of rotatable bonds is 4. The monoisotopic (exact) mass is 349 g/mol. The molecular weight excluding hydrogens is 313 g/mol. The zero-order valence-corrected chi connectivity index (χ0v) is 17.9. The van der Waals surface area contributed by atoms with Crippen LogP contribution in [-0.4, -0.2) is 20.4 Å². The fourth-order valence-corrected chi connectivity index (χ4v) is 5.86. The predicted molar refractivity (Wildman–Crippen MR) is 117 cm³/mol. The first kappa shape index (κ1) is 19.2. The van der Waals surface area contributed by atoms with Gasteiger partial charge in [-0.25, -0.2) is 5.46 Å². The van der Waals surface area contributed by atoms with E-state index in [0.717, 1.165) is 0 Å². The Morgan fingerprint density at radius 3 is 1.65 bits per heavy atom. The summed E-state index contributed by atoms with van der Waals surface area (Å²) in [5.41, 5.74) is 12.2. The molecule has 2 aromatic carbocycles. The molecule has 26 heavy (non-hydrogen) atoms. The van der Waals surface area contributed by atoms with E-state index in [2.05, 4.69) is 65.8 Å². The fourth-order valence-electron chi connectivity index (χ4n) is 5.86. The molecule has 1 aliphatic heterocycles. The maximum absolute atomic E-state index is 2.40. The molecule has 1 aliphatic rings. The summed E-state index contributed by atoms with van der Waals surface area (Å²) in [6, 6.07) is 9.59. The molecule has 1 unspecified atom stereocenters. The molecule has 1 atom stereocenters. The van der Waals surface area contributed by atoms with Crippen LogP contribution in [0.15, 0.2) is 24.3 Å². The standard InChI is InChI=1S/C24H35BN/c1-16-12-18(3)22(19(4)13-16)24(26-10-8-7-9-11-26)25-23-20(5)14-17(2)15-21(23)6/h12-15,24H,7-11,25H2,1-6H3/q-1/p+1. The Hall–Kier alpha value is -1.54. The molecule has 0 radical (unpaired) electrons. The third-order valence-corrected chi connectivity index (χ3v) is 6.93. The second-order valence-electron chi connectivity index (χ2n) is 9.07. The Bertz CT molecular complexity index is 741. The quantitative estimate of drug-likeness (QED) is 0.809. The first-order valence-corrected chi connectivity index (χ1v) is 10.7. The summed E-state index contributed by atoms with van der Waals surface area (Å²) in [6.45, 7) is 16.5. The van der Waals surface area contributed by atoms with Crippen LogP contribution < -0.4 is 10.4 Å². The van der Waals surface area contributed by atoms with Crippen molar-refractivity contribution >= 4 is 12.7 Å². The summed E-state index contributed by atoms with van der Waals surface area (Å²) in [5.74, 6) is 0.705. The van der Waals surface area contributed by atoms with Gasteiger partial charge in [0.2, 0.25) is 0 Å². The number of nitrogens with one attached hydrogen (secondary N) is 1. The predicted octanol–water partition coefficient (Wildman–Crippen LogP) is 3.10. The largest absolute Gasteiger partial charge is 0.360 e. The number of aryl methyl sites for hydroxylation is 6. The van der Waals surface area contributed by atoms with Crippen LogP contribution in [-0.2, 0) is 0 Å². The van der Waals surface area contributed by atoms with E-state index in [0.29, 0.717) is 5.94 Å². The average Bonchev–Trinajstić information content (AvgIpc) is 2.56. The lowest BCUT2D eigenvalue weighted by molar-refractivity contribution is -0.923. The van der Waals surface area contributed by atoms with Gasteiger partial charge in [-0.1, -0.05) is 46.5 Å². The van der Waals surface area contributed by atoms with Gasteiger partial charge in [-0.2, -0.15) is 0 Å². The Morgan fingerprint density at radius 2 is 1.15 bits per heavy atom. The molecule has 1 saturated heterocycles. The molecule has 1 nitrogen and oxygen atoms in total. The van der Waals surface area contributed by atoms with Gasteiger partial charge in [0, 0.05) is 0 Å². The van der Waals surface area contributed by atoms with Crippen molar-refractivity contribution in [2.24, 2.45) is 0 Å². The molecule has 0 aromatic heterocycles. The van der Waals surface area contributed by atoms with Crippen LogP contribution in [0.5, 0.6) is 0 Å². The molecule has 2 heteroatoms. The van der Waals surface area contributed by atoms with E-state index in [4.69, 9.17) is 0 Å². The Kier molecular flexibility index (Phi) is 5.92. The molecule has 0 spiro atoms. The summed E-state index contributed by atoms with van der Waals surface area (Å²) in [6.07, 6.45) is 4.21. The number of hydrogen-bond acceptors (Lipinski definition) is 0. The van der Waals surface area contributed by atoms with Crippen LogP contribution in [0.3, 0.4) is 0 Å². The van der Waals surface area contributed by atoms with Crippen molar-refractivity contribution in [1.29, 1.82) is 0 Å². The van der Waals surface area contributed by atoms with E-state index in [9.17, 15) is 0 Å². The van der Waals surface area contributed by atoms with E-state index in [1.54, 1.807) is 11.0 Å². The minimum atomic E-state index is -0.249. The second-order valence-corrected chi connectivity index (χ2v) is 9.07. The van der Waals surface area contributed by atoms with Crippen LogP contribution in [0, 0.1) is 41.5 Å². The topological polar surface area (TPSA) is 4.44 Å². The van der Waals surface area contributed by atoms with Gasteiger partial charge in [-0.3, -0.25) is 0 Å². The molecular formula is C24H36BN. The lowest BCUT2D eigenvalue weighted by Gasteiger charge is -2.38. The SMILES string of the molecule is Cc1cc(C)c([BH2-]C(c2c(C)cc(C)cc2C)[NH+]2CCCCC2)c(C)c1. The van der Waals surface area contributed by atoms with Gasteiger partial charge >= 0.3 is 0 Å². The Morgan fingerprint density at radius 1 is 0.692 bits per heavy atom. The van der Waals surface area contributed by atoms with Crippen molar-refractivity contribution in [3.05, 3.63) is 63.2 Å². The van der Waals surface area contributed by atoms with Crippen molar-refractivity contribution in [2.45, 2.75) is 66.7 Å². The first-order valence-electron chi connectivity index (χ1n) is 10.7. The van der Waals surface area contributed by atoms with Gasteiger partial charge in [-0.05, 0) is 83.4 Å². The highest BCUT2D eigenvalue weighted by molar-refractivity contribution is 6.55. The fraction of sp³-hybridized carbons (Fsp3) is 0.500. The molecule has 1 heterocycles. The number of piperidine rings is 1. The third kappa shape index (κ3) is 4.06. The Labute approximate surface area is 161 Å². The van der Waals surface area contributed by atoms with Crippen molar-refractivity contribution in [1.82, 2.24) is 0 Å². The van der Waals surface area contributed by atoms with E-state index in [-0.39, 0.29) is 7.28 Å². The maximum Gasteiger partial charge on any atom is 0.0750 e. The minimum absolute atomic E-state index is 0.249. The highest BCUT2D eigenvalue weighted by Crippen LogP contribution is 2.23. The van der Waals surface area contributed by atoms with Gasteiger partial charge in [0.1, 0.15) is 0 Å². The van der Waals surface area contributed by atoms with Crippen LogP contribution in [0.25, 0.3) is 0 Å². The summed E-state index contributed by atoms with van der Waals surface area (Å²) < 4.78 is 0. The van der Waals surface area contributed by atoms with Gasteiger partial charge in [0.05, 0.1) is 20.4 Å². The van der Waals surface area contributed by atoms with E-state index >= 15 is 0 Å². The van der Waals surface area contributed by atoms with Crippen LogP contribution in [0.4, 0.5) is 0 Å². The molecule has 2 aromatic rings. The number of hydrogen-bond donors (Lipinski definition) is 1.